The summed E-state index contributed by atoms with van der Waals surface area (Å²) in [5.41, 5.74) is 0. The summed E-state index contributed by atoms with van der Waals surface area (Å²) in [6.45, 7) is 10.5. The molecule has 13 heavy (non-hydrogen) atoms. The molecule has 0 fully saturated rings. The topological polar surface area (TPSA) is 40.5 Å². The Hall–Kier alpha value is -0.0800. The van der Waals surface area contributed by atoms with Gasteiger partial charge in [-0.2, -0.15) is 0 Å². The van der Waals surface area contributed by atoms with Crippen LogP contribution in [0.3, 0.4) is 0 Å². The molecule has 0 aliphatic heterocycles. The van der Waals surface area contributed by atoms with E-state index >= 15 is 0 Å². The summed E-state index contributed by atoms with van der Waals surface area (Å²) in [4.78, 5) is 0. The Morgan fingerprint density at radius 1 is 1.08 bits per heavy atom. The first-order valence-electron chi connectivity index (χ1n) is 5.22. The highest BCUT2D eigenvalue weighted by atomic mass is 16.3. The fourth-order valence-corrected chi connectivity index (χ4v) is 0.811. The minimum atomic E-state index is -0.125. The zero-order chi connectivity index (χ0) is 10.9. The van der Waals surface area contributed by atoms with Gasteiger partial charge in [0.1, 0.15) is 0 Å². The summed E-state index contributed by atoms with van der Waals surface area (Å²) < 4.78 is 0. The molecular weight excluding hydrogens is 164 g/mol. The molecule has 0 amide bonds. The Morgan fingerprint density at radius 3 is 1.54 bits per heavy atom. The molecule has 2 nitrogen and oxygen atoms in total. The van der Waals surface area contributed by atoms with E-state index in [1.165, 1.54) is 0 Å². The molecule has 0 radical (unpaired) electrons. The fourth-order valence-electron chi connectivity index (χ4n) is 0.811. The van der Waals surface area contributed by atoms with Crippen LogP contribution in [0.15, 0.2) is 0 Å². The van der Waals surface area contributed by atoms with Crippen molar-refractivity contribution in [2.75, 3.05) is 6.61 Å². The molecule has 2 heteroatoms. The van der Waals surface area contributed by atoms with Crippen molar-refractivity contribution in [2.24, 2.45) is 11.8 Å². The lowest BCUT2D eigenvalue weighted by molar-refractivity contribution is 0.168. The molecule has 0 aromatic rings. The summed E-state index contributed by atoms with van der Waals surface area (Å²) >= 11 is 0. The summed E-state index contributed by atoms with van der Waals surface area (Å²) in [6, 6.07) is 0. The SMILES string of the molecule is CC(C)CC(C)O.CCC(C)CO. The van der Waals surface area contributed by atoms with E-state index in [1.54, 1.807) is 0 Å². The number of aliphatic hydroxyl groups is 2. The number of rotatable bonds is 4. The van der Waals surface area contributed by atoms with Gasteiger partial charge in [0.25, 0.3) is 0 Å². The first-order valence-corrected chi connectivity index (χ1v) is 5.22. The first kappa shape index (κ1) is 15.4. The van der Waals surface area contributed by atoms with Crippen LogP contribution in [0.5, 0.6) is 0 Å². The maximum atomic E-state index is 8.72. The number of hydrogen-bond donors (Lipinski definition) is 2. The maximum Gasteiger partial charge on any atom is 0.0514 e. The highest BCUT2D eigenvalue weighted by Gasteiger charge is 1.97. The van der Waals surface area contributed by atoms with E-state index in [4.69, 9.17) is 10.2 Å². The number of hydrogen-bond acceptors (Lipinski definition) is 2. The number of aliphatic hydroxyl groups excluding tert-OH is 2. The molecule has 82 valence electrons. The van der Waals surface area contributed by atoms with Crippen molar-refractivity contribution >= 4 is 0 Å². The van der Waals surface area contributed by atoms with Gasteiger partial charge >= 0.3 is 0 Å². The fraction of sp³-hybridized carbons (Fsp3) is 1.00. The Balaban J connectivity index is 0. The molecule has 0 bridgehead atoms. The van der Waals surface area contributed by atoms with Gasteiger partial charge in [0, 0.05) is 6.61 Å². The van der Waals surface area contributed by atoms with Gasteiger partial charge in [-0.1, -0.05) is 34.1 Å². The van der Waals surface area contributed by atoms with Crippen molar-refractivity contribution in [3.05, 3.63) is 0 Å². The van der Waals surface area contributed by atoms with E-state index in [2.05, 4.69) is 20.8 Å². The average Bonchev–Trinajstić information content (AvgIpc) is 2.01. The van der Waals surface area contributed by atoms with Crippen molar-refractivity contribution < 1.29 is 10.2 Å². The van der Waals surface area contributed by atoms with Gasteiger partial charge in [-0.3, -0.25) is 0 Å². The van der Waals surface area contributed by atoms with Crippen molar-refractivity contribution in [1.82, 2.24) is 0 Å². The van der Waals surface area contributed by atoms with Crippen LogP contribution < -0.4 is 0 Å². The molecule has 2 unspecified atom stereocenters. The van der Waals surface area contributed by atoms with Gasteiger partial charge in [-0.05, 0) is 25.2 Å². The van der Waals surface area contributed by atoms with Crippen LogP contribution in [-0.4, -0.2) is 22.9 Å². The average molecular weight is 190 g/mol. The van der Waals surface area contributed by atoms with Crippen LogP contribution in [0, 0.1) is 11.8 Å². The standard InChI is InChI=1S/C6H14O.C5H12O/c1-5(2)4-6(3)7;1-3-5(2)4-6/h5-7H,4H2,1-3H3;5-6H,3-4H2,1-2H3. The molecule has 0 aromatic heterocycles. The Kier molecular flexibility index (Phi) is 11.8. The van der Waals surface area contributed by atoms with E-state index in [0.717, 1.165) is 12.8 Å². The third-order valence-corrected chi connectivity index (χ3v) is 1.82. The molecular formula is C11H26O2. The lowest BCUT2D eigenvalue weighted by Crippen LogP contribution is -2.03. The zero-order valence-electron chi connectivity index (χ0n) is 9.75. The van der Waals surface area contributed by atoms with Crippen molar-refractivity contribution in [3.63, 3.8) is 0 Å². The molecule has 0 aliphatic carbocycles. The minimum Gasteiger partial charge on any atom is -0.396 e. The van der Waals surface area contributed by atoms with Crippen LogP contribution in [0.2, 0.25) is 0 Å². The Bertz CT molecular complexity index is 80.1. The third-order valence-electron chi connectivity index (χ3n) is 1.82. The Labute approximate surface area is 83.0 Å². The first-order chi connectivity index (χ1) is 5.93. The minimum absolute atomic E-state index is 0.125. The monoisotopic (exact) mass is 190 g/mol. The summed E-state index contributed by atoms with van der Waals surface area (Å²) in [5, 5.41) is 17.1. The van der Waals surface area contributed by atoms with Crippen LogP contribution in [0.4, 0.5) is 0 Å². The lowest BCUT2D eigenvalue weighted by Gasteiger charge is -2.04. The van der Waals surface area contributed by atoms with Crippen molar-refractivity contribution in [1.29, 1.82) is 0 Å². The quantitative estimate of drug-likeness (QED) is 0.715. The van der Waals surface area contributed by atoms with Gasteiger partial charge in [-0.25, -0.2) is 0 Å². The molecule has 0 aliphatic rings. The van der Waals surface area contributed by atoms with Gasteiger partial charge in [0.2, 0.25) is 0 Å². The van der Waals surface area contributed by atoms with E-state index < -0.39 is 0 Å². The second-order valence-corrected chi connectivity index (χ2v) is 4.17. The van der Waals surface area contributed by atoms with Gasteiger partial charge in [0.15, 0.2) is 0 Å². The molecule has 0 spiro atoms. The molecule has 0 rings (SSSR count). The summed E-state index contributed by atoms with van der Waals surface area (Å²) in [6.07, 6.45) is 1.87. The van der Waals surface area contributed by atoms with Gasteiger partial charge < -0.3 is 10.2 Å². The summed E-state index contributed by atoms with van der Waals surface area (Å²) in [7, 11) is 0. The maximum absolute atomic E-state index is 8.72. The predicted octanol–water partition coefficient (Wildman–Crippen LogP) is 2.44. The van der Waals surface area contributed by atoms with E-state index in [9.17, 15) is 0 Å². The molecule has 2 N–H and O–H groups in total. The van der Waals surface area contributed by atoms with Gasteiger partial charge in [0.05, 0.1) is 6.10 Å². The molecule has 0 saturated heterocycles. The molecule has 0 saturated carbocycles. The zero-order valence-corrected chi connectivity index (χ0v) is 9.75. The Morgan fingerprint density at radius 2 is 1.54 bits per heavy atom. The molecule has 2 atom stereocenters. The lowest BCUT2D eigenvalue weighted by atomic mass is 10.1. The predicted molar refractivity (Wildman–Crippen MR) is 57.7 cm³/mol. The molecule has 0 heterocycles. The summed E-state index contributed by atoms with van der Waals surface area (Å²) in [5.74, 6) is 1.12. The van der Waals surface area contributed by atoms with Crippen LogP contribution in [0.1, 0.15) is 47.5 Å². The van der Waals surface area contributed by atoms with Crippen molar-refractivity contribution in [3.8, 4) is 0 Å². The van der Waals surface area contributed by atoms with E-state index in [0.29, 0.717) is 18.4 Å². The van der Waals surface area contributed by atoms with Crippen LogP contribution in [0.25, 0.3) is 0 Å². The second kappa shape index (κ2) is 10.0. The van der Waals surface area contributed by atoms with Crippen molar-refractivity contribution in [2.45, 2.75) is 53.6 Å². The van der Waals surface area contributed by atoms with Crippen LogP contribution >= 0.6 is 0 Å². The van der Waals surface area contributed by atoms with E-state index in [-0.39, 0.29) is 6.10 Å². The third kappa shape index (κ3) is 18.7. The van der Waals surface area contributed by atoms with Crippen LogP contribution in [-0.2, 0) is 0 Å². The highest BCUT2D eigenvalue weighted by Crippen LogP contribution is 2.01. The largest absolute Gasteiger partial charge is 0.396 e. The smallest absolute Gasteiger partial charge is 0.0514 e. The van der Waals surface area contributed by atoms with E-state index in [1.807, 2.05) is 13.8 Å². The highest BCUT2D eigenvalue weighted by molar-refractivity contribution is 4.49. The second-order valence-electron chi connectivity index (χ2n) is 4.17. The normalized spacial score (nSPS) is 14.8. The van der Waals surface area contributed by atoms with Gasteiger partial charge in [-0.15, -0.1) is 0 Å². The molecule has 0 aromatic carbocycles.